The van der Waals surface area contributed by atoms with Gasteiger partial charge in [0.15, 0.2) is 5.96 Å². The fourth-order valence-electron chi connectivity index (χ4n) is 4.38. The predicted molar refractivity (Wildman–Crippen MR) is 106 cm³/mol. The van der Waals surface area contributed by atoms with Crippen LogP contribution >= 0.6 is 11.3 Å². The SMILES string of the molecule is CN=C(NCCCc1nc2ccccc2s1)N1CC2CCCCC2C1. The number of fused-ring (bicyclic) bond motifs is 2. The van der Waals surface area contributed by atoms with Crippen molar-refractivity contribution in [3.63, 3.8) is 0 Å². The molecule has 1 saturated heterocycles. The molecule has 1 aliphatic carbocycles. The first kappa shape index (κ1) is 16.8. The normalized spacial score (nSPS) is 23.9. The van der Waals surface area contributed by atoms with E-state index in [1.165, 1.54) is 48.5 Å². The number of benzene rings is 1. The van der Waals surface area contributed by atoms with Crippen LogP contribution in [0.25, 0.3) is 10.2 Å². The summed E-state index contributed by atoms with van der Waals surface area (Å²) in [5.74, 6) is 2.89. The van der Waals surface area contributed by atoms with E-state index in [0.717, 1.165) is 42.7 Å². The Bertz CT molecular complexity index is 691. The molecule has 1 N–H and O–H groups in total. The second-order valence-electron chi connectivity index (χ2n) is 7.36. The van der Waals surface area contributed by atoms with Gasteiger partial charge in [-0.25, -0.2) is 4.98 Å². The van der Waals surface area contributed by atoms with Crippen LogP contribution < -0.4 is 5.32 Å². The maximum atomic E-state index is 4.73. The molecular formula is C20H28N4S. The Morgan fingerprint density at radius 1 is 1.24 bits per heavy atom. The minimum absolute atomic E-state index is 0.898. The summed E-state index contributed by atoms with van der Waals surface area (Å²) in [7, 11) is 1.91. The highest BCUT2D eigenvalue weighted by Gasteiger charge is 2.35. The molecule has 4 rings (SSSR count). The molecule has 2 aliphatic rings. The maximum absolute atomic E-state index is 4.73. The number of para-hydroxylation sites is 1. The van der Waals surface area contributed by atoms with E-state index in [1.807, 2.05) is 18.4 Å². The second-order valence-corrected chi connectivity index (χ2v) is 8.48. The van der Waals surface area contributed by atoms with Crippen LogP contribution in [0, 0.1) is 11.8 Å². The van der Waals surface area contributed by atoms with Crippen molar-refractivity contribution in [2.75, 3.05) is 26.7 Å². The molecular weight excluding hydrogens is 328 g/mol. The molecule has 4 nitrogen and oxygen atoms in total. The van der Waals surface area contributed by atoms with Crippen molar-refractivity contribution in [2.45, 2.75) is 38.5 Å². The standard InChI is InChI=1S/C20H28N4S/c1-21-20(24-13-15-7-2-3-8-16(15)14-24)22-12-6-11-19-23-17-9-4-5-10-18(17)25-19/h4-5,9-10,15-16H,2-3,6-8,11-14H2,1H3,(H,21,22). The molecule has 2 heterocycles. The minimum atomic E-state index is 0.898. The average molecular weight is 357 g/mol. The van der Waals surface area contributed by atoms with Crippen LogP contribution in [0.4, 0.5) is 0 Å². The number of nitrogens with one attached hydrogen (secondary N) is 1. The van der Waals surface area contributed by atoms with Gasteiger partial charge in [-0.15, -0.1) is 11.3 Å². The largest absolute Gasteiger partial charge is 0.356 e. The highest BCUT2D eigenvalue weighted by Crippen LogP contribution is 2.35. The van der Waals surface area contributed by atoms with Gasteiger partial charge in [-0.2, -0.15) is 0 Å². The molecule has 1 saturated carbocycles. The Labute approximate surface area is 154 Å². The van der Waals surface area contributed by atoms with Crippen LogP contribution in [-0.2, 0) is 6.42 Å². The highest BCUT2D eigenvalue weighted by molar-refractivity contribution is 7.18. The monoisotopic (exact) mass is 356 g/mol. The number of aromatic nitrogens is 1. The number of hydrogen-bond donors (Lipinski definition) is 1. The Morgan fingerprint density at radius 3 is 2.72 bits per heavy atom. The van der Waals surface area contributed by atoms with Crippen LogP contribution in [0.2, 0.25) is 0 Å². The summed E-state index contributed by atoms with van der Waals surface area (Å²) < 4.78 is 1.29. The van der Waals surface area contributed by atoms with Crippen LogP contribution in [0.5, 0.6) is 0 Å². The van der Waals surface area contributed by atoms with Crippen LogP contribution in [0.3, 0.4) is 0 Å². The van der Waals surface area contributed by atoms with Gasteiger partial charge in [-0.05, 0) is 43.2 Å². The van der Waals surface area contributed by atoms with E-state index < -0.39 is 0 Å². The smallest absolute Gasteiger partial charge is 0.193 e. The highest BCUT2D eigenvalue weighted by atomic mass is 32.1. The van der Waals surface area contributed by atoms with E-state index >= 15 is 0 Å². The van der Waals surface area contributed by atoms with E-state index in [0.29, 0.717) is 0 Å². The van der Waals surface area contributed by atoms with Crippen molar-refractivity contribution in [3.8, 4) is 0 Å². The lowest BCUT2D eigenvalue weighted by atomic mass is 9.82. The lowest BCUT2D eigenvalue weighted by molar-refractivity contribution is 0.299. The van der Waals surface area contributed by atoms with Crippen molar-refractivity contribution >= 4 is 27.5 Å². The minimum Gasteiger partial charge on any atom is -0.356 e. The zero-order valence-corrected chi connectivity index (χ0v) is 15.9. The summed E-state index contributed by atoms with van der Waals surface area (Å²) >= 11 is 1.82. The van der Waals surface area contributed by atoms with Gasteiger partial charge in [-0.3, -0.25) is 4.99 Å². The quantitative estimate of drug-likeness (QED) is 0.513. The molecule has 134 valence electrons. The van der Waals surface area contributed by atoms with Gasteiger partial charge in [0, 0.05) is 33.1 Å². The Balaban J connectivity index is 1.25. The molecule has 1 aromatic heterocycles. The molecule has 2 aromatic rings. The summed E-state index contributed by atoms with van der Waals surface area (Å²) in [6, 6.07) is 8.40. The first-order valence-corrected chi connectivity index (χ1v) is 10.4. The lowest BCUT2D eigenvalue weighted by Gasteiger charge is -2.22. The fraction of sp³-hybridized carbons (Fsp3) is 0.600. The number of nitrogens with zero attached hydrogens (tertiary/aromatic N) is 3. The van der Waals surface area contributed by atoms with Gasteiger partial charge in [0.25, 0.3) is 0 Å². The zero-order chi connectivity index (χ0) is 17.1. The summed E-state index contributed by atoms with van der Waals surface area (Å²) in [6.07, 6.45) is 7.80. The zero-order valence-electron chi connectivity index (χ0n) is 15.1. The number of thiazole rings is 1. The lowest BCUT2D eigenvalue weighted by Crippen LogP contribution is -2.40. The van der Waals surface area contributed by atoms with Crippen molar-refractivity contribution in [2.24, 2.45) is 16.8 Å². The van der Waals surface area contributed by atoms with E-state index in [-0.39, 0.29) is 0 Å². The number of hydrogen-bond acceptors (Lipinski definition) is 3. The molecule has 5 heteroatoms. The molecule has 2 atom stereocenters. The third kappa shape index (κ3) is 3.81. The molecule has 25 heavy (non-hydrogen) atoms. The summed E-state index contributed by atoms with van der Waals surface area (Å²) in [5, 5.41) is 4.82. The van der Waals surface area contributed by atoms with Crippen LogP contribution in [0.15, 0.2) is 29.3 Å². The first-order valence-electron chi connectivity index (χ1n) is 9.63. The van der Waals surface area contributed by atoms with E-state index in [9.17, 15) is 0 Å². The van der Waals surface area contributed by atoms with Gasteiger partial charge in [0.05, 0.1) is 15.2 Å². The van der Waals surface area contributed by atoms with Crippen molar-refractivity contribution in [1.82, 2.24) is 15.2 Å². The van der Waals surface area contributed by atoms with Gasteiger partial charge in [0.1, 0.15) is 0 Å². The van der Waals surface area contributed by atoms with Gasteiger partial charge >= 0.3 is 0 Å². The van der Waals surface area contributed by atoms with Gasteiger partial charge < -0.3 is 10.2 Å². The Hall–Kier alpha value is -1.62. The van der Waals surface area contributed by atoms with Gasteiger partial charge in [-0.1, -0.05) is 25.0 Å². The molecule has 0 spiro atoms. The van der Waals surface area contributed by atoms with Crippen LogP contribution in [-0.4, -0.2) is 42.5 Å². The average Bonchev–Trinajstić information content (AvgIpc) is 3.25. The van der Waals surface area contributed by atoms with E-state index in [4.69, 9.17) is 4.98 Å². The molecule has 2 unspecified atom stereocenters. The Kier molecular flexibility index (Phi) is 5.20. The molecule has 1 aliphatic heterocycles. The van der Waals surface area contributed by atoms with E-state index in [2.05, 4.69) is 39.5 Å². The van der Waals surface area contributed by atoms with Crippen molar-refractivity contribution < 1.29 is 0 Å². The second kappa shape index (κ2) is 7.73. The number of guanidine groups is 1. The van der Waals surface area contributed by atoms with Crippen molar-refractivity contribution in [3.05, 3.63) is 29.3 Å². The predicted octanol–water partition coefficient (Wildman–Crippen LogP) is 3.93. The molecule has 0 bridgehead atoms. The number of aliphatic imine (C=N–C) groups is 1. The number of likely N-dealkylation sites (tertiary alicyclic amines) is 1. The van der Waals surface area contributed by atoms with Crippen LogP contribution in [0.1, 0.15) is 37.1 Å². The molecule has 2 fully saturated rings. The third-order valence-corrected chi connectivity index (χ3v) is 6.77. The maximum Gasteiger partial charge on any atom is 0.193 e. The number of aryl methyl sites for hydroxylation is 1. The van der Waals surface area contributed by atoms with E-state index in [1.54, 1.807) is 0 Å². The Morgan fingerprint density at radius 2 is 2.00 bits per heavy atom. The summed E-state index contributed by atoms with van der Waals surface area (Å²) in [5.41, 5.74) is 1.13. The molecule has 1 aromatic carbocycles. The first-order chi connectivity index (χ1) is 12.3. The topological polar surface area (TPSA) is 40.5 Å². The van der Waals surface area contributed by atoms with Crippen molar-refractivity contribution in [1.29, 1.82) is 0 Å². The summed E-state index contributed by atoms with van der Waals surface area (Å²) in [6.45, 7) is 3.36. The number of rotatable bonds is 4. The van der Waals surface area contributed by atoms with Gasteiger partial charge in [0.2, 0.25) is 0 Å². The molecule has 0 amide bonds. The summed E-state index contributed by atoms with van der Waals surface area (Å²) in [4.78, 5) is 11.7. The third-order valence-electron chi connectivity index (χ3n) is 5.68. The fourth-order valence-corrected chi connectivity index (χ4v) is 5.39. The molecule has 0 radical (unpaired) electrons.